The van der Waals surface area contributed by atoms with Crippen molar-refractivity contribution in [1.82, 2.24) is 10.2 Å². The molecule has 1 aliphatic carbocycles. The van der Waals surface area contributed by atoms with Gasteiger partial charge in [0.15, 0.2) is 0 Å². The highest BCUT2D eigenvalue weighted by atomic mass is 35.5. The largest absolute Gasteiger partial charge is 0.507 e. The van der Waals surface area contributed by atoms with E-state index in [1.807, 2.05) is 18.2 Å². The number of aromatic nitrogens is 2. The number of amides is 1. The molecule has 148 valence electrons. The standard InChI is InChI=1S/C22H20ClN3O3/c23-14-8-9-20(27)18(12-14)21(28)24-15-5-3-4-13(10-15)11-19-16-6-1-2-7-17(16)22(29)26-25-19/h3-5,8-10,12,27H,1-2,6-7,11H2,(H,24,28)(H,26,29). The summed E-state index contributed by atoms with van der Waals surface area (Å²) < 4.78 is 0. The van der Waals surface area contributed by atoms with Crippen LogP contribution in [0.1, 0.15) is 45.6 Å². The first kappa shape index (κ1) is 19.2. The van der Waals surface area contributed by atoms with Crippen LogP contribution in [0.25, 0.3) is 0 Å². The van der Waals surface area contributed by atoms with Crippen LogP contribution in [0, 0.1) is 0 Å². The Morgan fingerprint density at radius 3 is 2.76 bits per heavy atom. The van der Waals surface area contributed by atoms with Crippen LogP contribution in [0.2, 0.25) is 5.02 Å². The molecule has 0 fully saturated rings. The van der Waals surface area contributed by atoms with Gasteiger partial charge in [0.05, 0.1) is 11.3 Å². The normalized spacial score (nSPS) is 13.0. The quantitative estimate of drug-likeness (QED) is 0.609. The maximum atomic E-state index is 12.5. The number of anilines is 1. The zero-order chi connectivity index (χ0) is 20.4. The molecule has 3 N–H and O–H groups in total. The first-order chi connectivity index (χ1) is 14.0. The molecule has 0 atom stereocenters. The number of fused-ring (bicyclic) bond motifs is 1. The molecule has 0 radical (unpaired) electrons. The number of hydrogen-bond donors (Lipinski definition) is 3. The highest BCUT2D eigenvalue weighted by Crippen LogP contribution is 2.25. The lowest BCUT2D eigenvalue weighted by atomic mass is 9.90. The topological polar surface area (TPSA) is 95.1 Å². The minimum Gasteiger partial charge on any atom is -0.507 e. The van der Waals surface area contributed by atoms with E-state index in [-0.39, 0.29) is 16.9 Å². The van der Waals surface area contributed by atoms with Crippen molar-refractivity contribution < 1.29 is 9.90 Å². The Morgan fingerprint density at radius 1 is 1.14 bits per heavy atom. The predicted octanol–water partition coefficient (Wildman–Crippen LogP) is 3.85. The Balaban J connectivity index is 1.56. The third kappa shape index (κ3) is 4.17. The molecule has 7 heteroatoms. The Hall–Kier alpha value is -3.12. The van der Waals surface area contributed by atoms with E-state index in [0.717, 1.165) is 48.1 Å². The minimum absolute atomic E-state index is 0.0919. The average Bonchev–Trinajstić information content (AvgIpc) is 2.72. The van der Waals surface area contributed by atoms with Gasteiger partial charge < -0.3 is 10.4 Å². The number of hydrogen-bond acceptors (Lipinski definition) is 4. The van der Waals surface area contributed by atoms with E-state index in [1.54, 1.807) is 6.07 Å². The third-order valence-electron chi connectivity index (χ3n) is 5.14. The van der Waals surface area contributed by atoms with E-state index >= 15 is 0 Å². The number of phenolic OH excluding ortho intramolecular Hbond substituents is 1. The molecule has 1 aliphatic rings. The second-order valence-corrected chi connectivity index (χ2v) is 7.59. The second kappa shape index (κ2) is 8.09. The molecule has 0 aliphatic heterocycles. The van der Waals surface area contributed by atoms with E-state index in [2.05, 4.69) is 15.5 Å². The number of nitrogens with one attached hydrogen (secondary N) is 2. The number of benzene rings is 2. The molecule has 4 rings (SSSR count). The van der Waals surface area contributed by atoms with Gasteiger partial charge in [-0.2, -0.15) is 5.10 Å². The molecular formula is C22H20ClN3O3. The molecule has 0 saturated heterocycles. The molecule has 0 saturated carbocycles. The molecule has 2 aromatic carbocycles. The number of nitrogens with zero attached hydrogens (tertiary/aromatic N) is 1. The van der Waals surface area contributed by atoms with E-state index in [0.29, 0.717) is 17.1 Å². The van der Waals surface area contributed by atoms with Gasteiger partial charge in [0.25, 0.3) is 11.5 Å². The molecule has 1 heterocycles. The fraction of sp³-hybridized carbons (Fsp3) is 0.227. The highest BCUT2D eigenvalue weighted by Gasteiger charge is 2.18. The van der Waals surface area contributed by atoms with Gasteiger partial charge in [0, 0.05) is 22.7 Å². The first-order valence-electron chi connectivity index (χ1n) is 9.49. The summed E-state index contributed by atoms with van der Waals surface area (Å²) in [5, 5.41) is 20.0. The van der Waals surface area contributed by atoms with Crippen LogP contribution in [0.4, 0.5) is 5.69 Å². The fourth-order valence-corrected chi connectivity index (χ4v) is 3.89. The smallest absolute Gasteiger partial charge is 0.267 e. The molecule has 1 amide bonds. The number of phenols is 1. The monoisotopic (exact) mass is 409 g/mol. The third-order valence-corrected chi connectivity index (χ3v) is 5.38. The van der Waals surface area contributed by atoms with Gasteiger partial charge in [-0.3, -0.25) is 9.59 Å². The summed E-state index contributed by atoms with van der Waals surface area (Å²) in [6, 6.07) is 11.8. The molecule has 6 nitrogen and oxygen atoms in total. The predicted molar refractivity (Wildman–Crippen MR) is 112 cm³/mol. The molecule has 29 heavy (non-hydrogen) atoms. The second-order valence-electron chi connectivity index (χ2n) is 7.16. The van der Waals surface area contributed by atoms with Gasteiger partial charge in [0.1, 0.15) is 5.75 Å². The minimum atomic E-state index is -0.443. The SMILES string of the molecule is O=C(Nc1cccc(Cc2n[nH]c(=O)c3c2CCCC3)c1)c1cc(Cl)ccc1O. The number of carbonyl (C=O) groups excluding carboxylic acids is 1. The van der Waals surface area contributed by atoms with Crippen LogP contribution in [0.5, 0.6) is 5.75 Å². The molecule has 0 spiro atoms. The summed E-state index contributed by atoms with van der Waals surface area (Å²) in [5.74, 6) is -0.575. The maximum Gasteiger partial charge on any atom is 0.267 e. The summed E-state index contributed by atoms with van der Waals surface area (Å²) in [6.45, 7) is 0. The lowest BCUT2D eigenvalue weighted by Gasteiger charge is -2.17. The van der Waals surface area contributed by atoms with Crippen molar-refractivity contribution in [2.24, 2.45) is 0 Å². The lowest BCUT2D eigenvalue weighted by Crippen LogP contribution is -2.23. The van der Waals surface area contributed by atoms with Crippen molar-refractivity contribution in [1.29, 1.82) is 0 Å². The van der Waals surface area contributed by atoms with Crippen LogP contribution in [-0.4, -0.2) is 21.2 Å². The van der Waals surface area contributed by atoms with Crippen LogP contribution >= 0.6 is 11.6 Å². The number of carbonyl (C=O) groups is 1. The summed E-state index contributed by atoms with van der Waals surface area (Å²) in [5.41, 5.74) is 4.36. The average molecular weight is 410 g/mol. The van der Waals surface area contributed by atoms with Crippen LogP contribution in [0.3, 0.4) is 0 Å². The Bertz CT molecular complexity index is 1140. The van der Waals surface area contributed by atoms with E-state index in [4.69, 9.17) is 11.6 Å². The zero-order valence-electron chi connectivity index (χ0n) is 15.7. The van der Waals surface area contributed by atoms with Crippen molar-refractivity contribution >= 4 is 23.2 Å². The van der Waals surface area contributed by atoms with Crippen molar-refractivity contribution in [2.75, 3.05) is 5.32 Å². The fourth-order valence-electron chi connectivity index (χ4n) is 3.71. The summed E-state index contributed by atoms with van der Waals surface area (Å²) in [4.78, 5) is 24.5. The molecule has 0 unspecified atom stereocenters. The Labute approximate surface area is 172 Å². The summed E-state index contributed by atoms with van der Waals surface area (Å²) in [6.07, 6.45) is 4.30. The van der Waals surface area contributed by atoms with Gasteiger partial charge >= 0.3 is 0 Å². The number of rotatable bonds is 4. The van der Waals surface area contributed by atoms with E-state index in [1.165, 1.54) is 18.2 Å². The number of halogens is 1. The molecule has 1 aromatic heterocycles. The van der Waals surface area contributed by atoms with Crippen LogP contribution < -0.4 is 10.9 Å². The first-order valence-corrected chi connectivity index (χ1v) is 9.87. The molecule has 3 aromatic rings. The highest BCUT2D eigenvalue weighted by molar-refractivity contribution is 6.31. The zero-order valence-corrected chi connectivity index (χ0v) is 16.4. The number of H-pyrrole nitrogens is 1. The lowest BCUT2D eigenvalue weighted by molar-refractivity contribution is 0.102. The van der Waals surface area contributed by atoms with Crippen LogP contribution in [0.15, 0.2) is 47.3 Å². The van der Waals surface area contributed by atoms with E-state index in [9.17, 15) is 14.7 Å². The van der Waals surface area contributed by atoms with Crippen molar-refractivity contribution in [3.8, 4) is 5.75 Å². The Morgan fingerprint density at radius 2 is 1.93 bits per heavy atom. The van der Waals surface area contributed by atoms with Gasteiger partial charge in [-0.15, -0.1) is 0 Å². The number of aromatic hydroxyl groups is 1. The molecule has 0 bridgehead atoms. The van der Waals surface area contributed by atoms with Gasteiger partial charge in [-0.05, 0) is 67.1 Å². The van der Waals surface area contributed by atoms with Gasteiger partial charge in [0.2, 0.25) is 0 Å². The van der Waals surface area contributed by atoms with E-state index < -0.39 is 5.91 Å². The summed E-state index contributed by atoms with van der Waals surface area (Å²) >= 11 is 5.93. The maximum absolute atomic E-state index is 12.5. The molecular weight excluding hydrogens is 390 g/mol. The van der Waals surface area contributed by atoms with Crippen molar-refractivity contribution in [3.05, 3.63) is 85.8 Å². The van der Waals surface area contributed by atoms with Crippen molar-refractivity contribution in [2.45, 2.75) is 32.1 Å². The van der Waals surface area contributed by atoms with Gasteiger partial charge in [-0.25, -0.2) is 5.10 Å². The number of aromatic amines is 1. The van der Waals surface area contributed by atoms with Crippen LogP contribution in [-0.2, 0) is 19.3 Å². The summed E-state index contributed by atoms with van der Waals surface area (Å²) in [7, 11) is 0. The van der Waals surface area contributed by atoms with Crippen molar-refractivity contribution in [3.63, 3.8) is 0 Å². The van der Waals surface area contributed by atoms with Gasteiger partial charge in [-0.1, -0.05) is 23.7 Å². The Kier molecular flexibility index (Phi) is 5.36.